The fraction of sp³-hybridized carbons (Fsp3) is 0.241. The quantitative estimate of drug-likeness (QED) is 0.334. The topological polar surface area (TPSA) is 57.7 Å². The zero-order valence-corrected chi connectivity index (χ0v) is 21.6. The summed E-state index contributed by atoms with van der Waals surface area (Å²) in [6, 6.07) is 17.4. The van der Waals surface area contributed by atoms with Crippen molar-refractivity contribution in [3.05, 3.63) is 95.1 Å². The molecule has 1 amide bonds. The highest BCUT2D eigenvalue weighted by Crippen LogP contribution is 2.42. The van der Waals surface area contributed by atoms with Crippen LogP contribution in [-0.4, -0.2) is 41.7 Å². The van der Waals surface area contributed by atoms with Crippen LogP contribution in [0.2, 0.25) is 0 Å². The Balaban J connectivity index is 1.33. The Hall–Kier alpha value is -3.82. The van der Waals surface area contributed by atoms with Gasteiger partial charge in [-0.1, -0.05) is 12.1 Å². The molecular weight excluding hydrogens is 506 g/mol. The second kappa shape index (κ2) is 9.81. The van der Waals surface area contributed by atoms with Crippen molar-refractivity contribution in [1.82, 2.24) is 9.88 Å². The minimum absolute atomic E-state index is 0.0613. The van der Waals surface area contributed by atoms with Gasteiger partial charge in [0.15, 0.2) is 11.6 Å². The van der Waals surface area contributed by atoms with Crippen LogP contribution in [0.4, 0.5) is 20.2 Å². The number of halogens is 2. The van der Waals surface area contributed by atoms with Gasteiger partial charge in [0.1, 0.15) is 11.4 Å². The number of hydrogen-bond donors (Lipinski definition) is 1. The van der Waals surface area contributed by atoms with E-state index in [4.69, 9.17) is 4.74 Å². The number of benzene rings is 3. The number of piperidine rings is 1. The maximum Gasteiger partial charge on any atom is 0.262 e. The van der Waals surface area contributed by atoms with E-state index in [2.05, 4.69) is 15.2 Å². The number of likely N-dealkylation sites (tertiary alicyclic amines) is 1. The van der Waals surface area contributed by atoms with Gasteiger partial charge in [-0.2, -0.15) is 0 Å². The third-order valence-corrected chi connectivity index (χ3v) is 8.19. The van der Waals surface area contributed by atoms with Crippen molar-refractivity contribution in [2.45, 2.75) is 25.0 Å². The first kappa shape index (κ1) is 24.5. The van der Waals surface area contributed by atoms with Gasteiger partial charge in [-0.15, -0.1) is 11.3 Å². The highest BCUT2D eigenvalue weighted by molar-refractivity contribution is 7.13. The van der Waals surface area contributed by atoms with Crippen molar-refractivity contribution in [3.63, 3.8) is 0 Å². The van der Waals surface area contributed by atoms with E-state index in [1.807, 2.05) is 53.6 Å². The smallest absolute Gasteiger partial charge is 0.262 e. The number of carbonyl (C=O) groups excluding carboxylic acids is 1. The summed E-state index contributed by atoms with van der Waals surface area (Å²) in [6.07, 6.45) is 3.13. The number of ether oxygens (including phenoxy) is 1. The molecule has 3 heterocycles. The number of fused-ring (bicyclic) bond motifs is 1. The molecule has 6 rings (SSSR count). The van der Waals surface area contributed by atoms with Gasteiger partial charge in [-0.3, -0.25) is 19.6 Å². The molecule has 2 aliphatic heterocycles. The van der Waals surface area contributed by atoms with Crippen LogP contribution in [0.25, 0.3) is 10.4 Å². The summed E-state index contributed by atoms with van der Waals surface area (Å²) in [4.78, 5) is 23.3. The minimum atomic E-state index is -0.845. The highest BCUT2D eigenvalue weighted by Gasteiger charge is 2.47. The van der Waals surface area contributed by atoms with Gasteiger partial charge < -0.3 is 10.1 Å². The van der Waals surface area contributed by atoms with E-state index < -0.39 is 17.3 Å². The fourth-order valence-electron chi connectivity index (χ4n) is 5.39. The van der Waals surface area contributed by atoms with Gasteiger partial charge in [-0.05, 0) is 59.7 Å². The van der Waals surface area contributed by atoms with Gasteiger partial charge in [0, 0.05) is 50.0 Å². The van der Waals surface area contributed by atoms with E-state index in [9.17, 15) is 13.6 Å². The molecule has 1 N–H and O–H groups in total. The second-order valence-electron chi connectivity index (χ2n) is 9.65. The summed E-state index contributed by atoms with van der Waals surface area (Å²) in [6.45, 7) is 1.86. The Morgan fingerprint density at radius 3 is 2.50 bits per heavy atom. The van der Waals surface area contributed by atoms with E-state index >= 15 is 0 Å². The van der Waals surface area contributed by atoms with E-state index in [0.717, 1.165) is 33.1 Å². The largest absolute Gasteiger partial charge is 0.497 e. The molecule has 38 heavy (non-hydrogen) atoms. The number of hydrogen-bond acceptors (Lipinski definition) is 6. The monoisotopic (exact) mass is 532 g/mol. The first-order chi connectivity index (χ1) is 18.5. The lowest BCUT2D eigenvalue weighted by atomic mass is 9.88. The van der Waals surface area contributed by atoms with Crippen LogP contribution in [0.1, 0.15) is 28.8 Å². The van der Waals surface area contributed by atoms with Crippen LogP contribution < -0.4 is 15.0 Å². The van der Waals surface area contributed by atoms with Crippen LogP contribution in [0, 0.1) is 11.6 Å². The zero-order valence-electron chi connectivity index (χ0n) is 20.8. The molecule has 0 radical (unpaired) electrons. The Labute approximate surface area is 223 Å². The van der Waals surface area contributed by atoms with Crippen molar-refractivity contribution < 1.29 is 18.3 Å². The predicted octanol–water partition coefficient (Wildman–Crippen LogP) is 6.16. The van der Waals surface area contributed by atoms with Crippen LogP contribution in [0.5, 0.6) is 5.75 Å². The summed E-state index contributed by atoms with van der Waals surface area (Å²) < 4.78 is 32.5. The Morgan fingerprint density at radius 1 is 1.03 bits per heavy atom. The first-order valence-corrected chi connectivity index (χ1v) is 13.3. The van der Waals surface area contributed by atoms with Gasteiger partial charge in [0.2, 0.25) is 0 Å². The number of nitrogens with one attached hydrogen (secondary N) is 1. The SMILES string of the molecule is COc1ccc(N2C(=O)c3ccc(-c4cncs4)cc3NC23CCN(Cc2ccc(F)c(F)c2)CC3)cc1. The molecule has 1 saturated heterocycles. The Bertz CT molecular complexity index is 1470. The van der Waals surface area contributed by atoms with Crippen LogP contribution >= 0.6 is 11.3 Å². The van der Waals surface area contributed by atoms with Crippen molar-refractivity contribution in [3.8, 4) is 16.2 Å². The number of nitrogens with zero attached hydrogens (tertiary/aromatic N) is 3. The van der Waals surface area contributed by atoms with Crippen molar-refractivity contribution in [1.29, 1.82) is 0 Å². The third kappa shape index (κ3) is 4.41. The van der Waals surface area contributed by atoms with E-state index in [0.29, 0.717) is 38.0 Å². The first-order valence-electron chi connectivity index (χ1n) is 12.4. The maximum atomic E-state index is 14.0. The molecule has 9 heteroatoms. The number of methoxy groups -OCH3 is 1. The number of anilines is 2. The van der Waals surface area contributed by atoms with Crippen LogP contribution in [-0.2, 0) is 6.54 Å². The molecule has 194 valence electrons. The normalized spacial score (nSPS) is 16.8. The molecule has 0 unspecified atom stereocenters. The summed E-state index contributed by atoms with van der Waals surface area (Å²) in [5.41, 5.74) is 5.09. The molecule has 0 bridgehead atoms. The van der Waals surface area contributed by atoms with Crippen molar-refractivity contribution in [2.75, 3.05) is 30.4 Å². The van der Waals surface area contributed by atoms with Crippen LogP contribution in [0.15, 0.2) is 72.4 Å². The zero-order chi connectivity index (χ0) is 26.3. The predicted molar refractivity (Wildman–Crippen MR) is 145 cm³/mol. The van der Waals surface area contributed by atoms with Gasteiger partial charge in [-0.25, -0.2) is 8.78 Å². The molecule has 1 aromatic heterocycles. The number of aromatic nitrogens is 1. The van der Waals surface area contributed by atoms with E-state index in [1.54, 1.807) is 30.0 Å². The summed E-state index contributed by atoms with van der Waals surface area (Å²) in [5.74, 6) is -1.03. The lowest BCUT2D eigenvalue weighted by Gasteiger charge is -2.52. The van der Waals surface area contributed by atoms with Crippen molar-refractivity contribution >= 4 is 28.6 Å². The second-order valence-corrected chi connectivity index (χ2v) is 10.5. The number of rotatable bonds is 5. The number of amides is 1. The van der Waals surface area contributed by atoms with Crippen LogP contribution in [0.3, 0.4) is 0 Å². The summed E-state index contributed by atoms with van der Waals surface area (Å²) in [5, 5.41) is 3.75. The Kier molecular flexibility index (Phi) is 6.33. The number of thiazole rings is 1. The summed E-state index contributed by atoms with van der Waals surface area (Å²) >= 11 is 1.56. The molecule has 6 nitrogen and oxygen atoms in total. The fourth-order valence-corrected chi connectivity index (χ4v) is 6.01. The molecule has 2 aliphatic rings. The number of carbonyl (C=O) groups is 1. The average Bonchev–Trinajstić information content (AvgIpc) is 3.48. The highest BCUT2D eigenvalue weighted by atomic mass is 32.1. The molecule has 0 saturated carbocycles. The lowest BCUT2D eigenvalue weighted by molar-refractivity contribution is 0.0904. The average molecular weight is 533 g/mol. The molecule has 4 aromatic rings. The molecular formula is C29H26F2N4O2S. The molecule has 1 fully saturated rings. The summed E-state index contributed by atoms with van der Waals surface area (Å²) in [7, 11) is 1.61. The van der Waals surface area contributed by atoms with Gasteiger partial charge >= 0.3 is 0 Å². The lowest BCUT2D eigenvalue weighted by Crippen LogP contribution is -2.64. The van der Waals surface area contributed by atoms with E-state index in [-0.39, 0.29) is 5.91 Å². The van der Waals surface area contributed by atoms with Gasteiger partial charge in [0.05, 0.1) is 23.1 Å². The Morgan fingerprint density at radius 2 is 1.82 bits per heavy atom. The van der Waals surface area contributed by atoms with Gasteiger partial charge in [0.25, 0.3) is 5.91 Å². The molecule has 0 aliphatic carbocycles. The molecule has 1 spiro atoms. The van der Waals surface area contributed by atoms with E-state index in [1.165, 1.54) is 12.1 Å². The molecule has 0 atom stereocenters. The standard InChI is InChI=1S/C29H26F2N4O2S/c1-37-22-6-4-21(5-7-22)35-28(36)23-8-3-20(27-16-32-18-38-27)15-26(23)33-29(35)10-12-34(13-11-29)17-19-2-9-24(30)25(31)14-19/h2-9,14-16,18,33H,10-13,17H2,1H3. The minimum Gasteiger partial charge on any atom is -0.497 e. The third-order valence-electron chi connectivity index (χ3n) is 7.37. The van der Waals surface area contributed by atoms with Crippen molar-refractivity contribution in [2.24, 2.45) is 0 Å². The molecule has 3 aromatic carbocycles. The maximum absolute atomic E-state index is 14.0.